The van der Waals surface area contributed by atoms with E-state index in [1.165, 1.54) is 17.0 Å². The van der Waals surface area contributed by atoms with E-state index in [2.05, 4.69) is 0 Å². The van der Waals surface area contributed by atoms with Crippen molar-refractivity contribution in [2.75, 3.05) is 29.5 Å². The molecule has 0 bridgehead atoms. The normalized spacial score (nSPS) is 17.6. The Bertz CT molecular complexity index is 2470. The fourth-order valence-corrected chi connectivity index (χ4v) is 9.44. The van der Waals surface area contributed by atoms with Crippen LogP contribution in [0.3, 0.4) is 0 Å². The zero-order valence-corrected chi connectivity index (χ0v) is 42.7. The minimum Gasteiger partial charge on any atom is -0.748 e. The molecule has 0 saturated heterocycles. The van der Waals surface area contributed by atoms with Gasteiger partial charge in [-0.1, -0.05) is 43.7 Å². The Morgan fingerprint density at radius 1 is 0.800 bits per heavy atom. The summed E-state index contributed by atoms with van der Waals surface area (Å²) in [7, 11) is -19.4. The summed E-state index contributed by atoms with van der Waals surface area (Å²) < 4.78 is 156. The Morgan fingerprint density at radius 2 is 1.35 bits per heavy atom. The number of hydrogen-bond donors (Lipinski definition) is 0. The van der Waals surface area contributed by atoms with Gasteiger partial charge < -0.3 is 23.1 Å². The van der Waals surface area contributed by atoms with Gasteiger partial charge in [0.05, 0.1) is 36.8 Å². The van der Waals surface area contributed by atoms with Crippen molar-refractivity contribution in [3.05, 3.63) is 92.5 Å². The summed E-state index contributed by atoms with van der Waals surface area (Å²) in [6.45, 7) is 7.91. The Morgan fingerprint density at radius 3 is 1.87 bits per heavy atom. The maximum absolute atomic E-state index is 14.8. The molecular formula is C32H33FIN2Na3O12S4. The molecule has 284 valence electrons. The number of hydrogen-bond acceptors (Lipinski definition) is 13. The topological polar surface area (TPSA) is 235 Å². The average molecular weight is 976 g/mol. The Labute approximate surface area is 401 Å². The average Bonchev–Trinajstić information content (AvgIpc) is 3.29. The first-order valence-electron chi connectivity index (χ1n) is 15.2. The van der Waals surface area contributed by atoms with Gasteiger partial charge in [0.2, 0.25) is 5.69 Å². The third-order valence-corrected chi connectivity index (χ3v) is 13.1. The van der Waals surface area contributed by atoms with Crippen LogP contribution in [-0.4, -0.2) is 86.8 Å². The van der Waals surface area contributed by atoms with Gasteiger partial charge in [-0.2, -0.15) is 4.58 Å². The van der Waals surface area contributed by atoms with E-state index in [4.69, 9.17) is 0 Å². The largest absolute Gasteiger partial charge is 1.00 e. The van der Waals surface area contributed by atoms with Crippen molar-refractivity contribution in [3.63, 3.8) is 0 Å². The summed E-state index contributed by atoms with van der Waals surface area (Å²) in [6, 6.07) is 4.43. The first-order chi connectivity index (χ1) is 23.6. The molecule has 14 nitrogen and oxygen atoms in total. The Balaban J connectivity index is 0.00000504. The molecule has 0 aliphatic carbocycles. The first kappa shape index (κ1) is 53.2. The number of nitrogens with zero attached hydrogens (tertiary/aromatic N) is 2. The zero-order valence-electron chi connectivity index (χ0n) is 31.3. The fraction of sp³-hybridized carbons (Fsp3) is 0.344. The van der Waals surface area contributed by atoms with Crippen LogP contribution >= 0.6 is 22.6 Å². The third kappa shape index (κ3) is 12.6. The van der Waals surface area contributed by atoms with E-state index in [1.54, 1.807) is 98.2 Å². The summed E-state index contributed by atoms with van der Waals surface area (Å²) in [6.07, 6.45) is 9.79. The quantitative estimate of drug-likeness (QED) is 0.0636. The van der Waals surface area contributed by atoms with Crippen LogP contribution in [-0.2, 0) is 51.3 Å². The molecule has 55 heavy (non-hydrogen) atoms. The SMILES string of the molecule is CC(/C=C/C=C1/N(CCS(=O)(=O)[O-])c2cc([18F])c(S(=O)(=O)[O-])cc2C1(C)C)=C\C=C\C1=[N+](CCS(=O)(=O)[O-])c2cc([123I])c(S(=O)(=O)[O-])cc2C1(C)C.[Na+].[Na+].[Na+]. The molecule has 2 aliphatic rings. The maximum Gasteiger partial charge on any atom is 1.00 e. The molecule has 0 atom stereocenters. The van der Waals surface area contributed by atoms with Crippen molar-refractivity contribution in [1.29, 1.82) is 0 Å². The van der Waals surface area contributed by atoms with Gasteiger partial charge in [-0.25, -0.2) is 38.1 Å². The van der Waals surface area contributed by atoms with Crippen molar-refractivity contribution in [2.24, 2.45) is 0 Å². The zero-order chi connectivity index (χ0) is 39.4. The summed E-state index contributed by atoms with van der Waals surface area (Å²) in [5, 5.41) is 0. The van der Waals surface area contributed by atoms with Gasteiger partial charge in [0.1, 0.15) is 36.2 Å². The van der Waals surface area contributed by atoms with Crippen LogP contribution in [0, 0.1) is 9.39 Å². The molecule has 0 radical (unpaired) electrons. The van der Waals surface area contributed by atoms with Gasteiger partial charge in [0.15, 0.2) is 12.3 Å². The van der Waals surface area contributed by atoms with E-state index in [0.29, 0.717) is 28.2 Å². The fourth-order valence-electron chi connectivity index (χ4n) is 6.25. The molecule has 0 aromatic heterocycles. The van der Waals surface area contributed by atoms with Crippen molar-refractivity contribution in [1.82, 2.24) is 0 Å². The molecule has 23 heteroatoms. The van der Waals surface area contributed by atoms with E-state index in [9.17, 15) is 56.3 Å². The molecule has 0 saturated carbocycles. The standard InChI is InChI=1S/C32H36FIN2O12S4.3Na/c1-20(8-6-10-29-31(2,3)21-16-27(51(43,44)45)23(33)18-25(21)35(29)12-14-49(37,38)39)9-7-11-30-32(4,5)22-17-28(52(46,47)48)24(34)19-26(22)36(30)13-15-50(40,41)42;;;/h6-11,16-19H,12-15H2,1-5H3,(H3-,37,38,39,40,41,42,43,44,45,46,47,48);;;/q;3*+1/p-3/i33-1,34-4;;;. The smallest absolute Gasteiger partial charge is 0.748 e. The molecule has 0 N–H and O–H groups in total. The van der Waals surface area contributed by atoms with Crippen LogP contribution in [0.5, 0.6) is 0 Å². The molecule has 2 heterocycles. The number of rotatable bonds is 12. The van der Waals surface area contributed by atoms with E-state index < -0.39 is 78.4 Å². The van der Waals surface area contributed by atoms with Gasteiger partial charge in [-0.15, -0.1) is 0 Å². The molecule has 0 fully saturated rings. The van der Waals surface area contributed by atoms with Crippen molar-refractivity contribution < 1.29 is 150 Å². The summed E-state index contributed by atoms with van der Waals surface area (Å²) in [4.78, 5) is -0.126. The molecular weight excluding hydrogens is 942 g/mol. The number of halogens is 2. The second-order valence-corrected chi connectivity index (χ2v) is 20.1. The number of fused-ring (bicyclic) bond motifs is 2. The summed E-state index contributed by atoms with van der Waals surface area (Å²) in [5.74, 6) is -2.92. The number of allylic oxidation sites excluding steroid dienone is 8. The summed E-state index contributed by atoms with van der Waals surface area (Å²) >= 11 is 1.70. The molecule has 2 aromatic carbocycles. The molecule has 4 rings (SSSR count). The van der Waals surface area contributed by atoms with Gasteiger partial charge in [-0.3, -0.25) is 0 Å². The molecule has 2 aromatic rings. The molecule has 0 unspecified atom stereocenters. The second kappa shape index (κ2) is 19.3. The number of benzene rings is 2. The monoisotopic (exact) mass is 975 g/mol. The van der Waals surface area contributed by atoms with Crippen molar-refractivity contribution in [3.8, 4) is 0 Å². The van der Waals surface area contributed by atoms with Crippen LogP contribution in [0.2, 0.25) is 0 Å². The van der Waals surface area contributed by atoms with Crippen LogP contribution < -0.4 is 93.6 Å². The third-order valence-electron chi connectivity index (χ3n) is 8.79. The molecule has 0 amide bonds. The molecule has 2 aliphatic heterocycles. The Kier molecular flexibility index (Phi) is 18.6. The van der Waals surface area contributed by atoms with Crippen molar-refractivity contribution >= 4 is 80.1 Å². The van der Waals surface area contributed by atoms with Gasteiger partial charge in [0, 0.05) is 44.6 Å². The van der Waals surface area contributed by atoms with Gasteiger partial charge in [-0.05, 0) is 73.2 Å². The molecule has 0 spiro atoms. The van der Waals surface area contributed by atoms with Crippen LogP contribution in [0.25, 0.3) is 0 Å². The van der Waals surface area contributed by atoms with Gasteiger partial charge in [0.25, 0.3) is 0 Å². The van der Waals surface area contributed by atoms with E-state index in [1.807, 2.05) is 0 Å². The minimum absolute atomic E-state index is 0. The van der Waals surface area contributed by atoms with Gasteiger partial charge >= 0.3 is 88.7 Å². The van der Waals surface area contributed by atoms with E-state index in [-0.39, 0.29) is 117 Å². The predicted molar refractivity (Wildman–Crippen MR) is 194 cm³/mol. The van der Waals surface area contributed by atoms with Crippen molar-refractivity contribution in [2.45, 2.75) is 55.2 Å². The Hall–Kier alpha value is 0.170. The van der Waals surface area contributed by atoms with E-state index >= 15 is 0 Å². The minimum atomic E-state index is -5.18. The summed E-state index contributed by atoms with van der Waals surface area (Å²) in [5.41, 5.74) is 0.733. The van der Waals surface area contributed by atoms with E-state index in [0.717, 1.165) is 12.1 Å². The number of anilines is 1. The second-order valence-electron chi connectivity index (χ2n) is 13.2. The van der Waals surface area contributed by atoms with Crippen LogP contribution in [0.1, 0.15) is 45.7 Å². The maximum atomic E-state index is 14.8. The van der Waals surface area contributed by atoms with Crippen LogP contribution in [0.15, 0.2) is 81.8 Å². The predicted octanol–water partition coefficient (Wildman–Crippen LogP) is -5.54. The van der Waals surface area contributed by atoms with Crippen LogP contribution in [0.4, 0.5) is 15.8 Å². The first-order valence-corrected chi connectivity index (χ1v) is 22.2.